The second-order valence-electron chi connectivity index (χ2n) is 4.78. The normalized spacial score (nSPS) is 19.3. The summed E-state index contributed by atoms with van der Waals surface area (Å²) in [6.07, 6.45) is 3.55. The third-order valence-electron chi connectivity index (χ3n) is 3.49. The van der Waals surface area contributed by atoms with Crippen LogP contribution in [0.15, 0.2) is 30.4 Å². The highest BCUT2D eigenvalue weighted by molar-refractivity contribution is 5.85. The summed E-state index contributed by atoms with van der Waals surface area (Å²) in [5.74, 6) is -0.200. The van der Waals surface area contributed by atoms with Crippen molar-refractivity contribution in [2.45, 2.75) is 25.9 Å². The Labute approximate surface area is 113 Å². The fraction of sp³-hybridized carbons (Fsp3) is 0.333. The van der Waals surface area contributed by atoms with Crippen molar-refractivity contribution in [2.24, 2.45) is 5.73 Å². The molecule has 1 heterocycles. The first-order valence-corrected chi connectivity index (χ1v) is 6.24. The molecule has 1 aromatic carbocycles. The highest BCUT2D eigenvalue weighted by Gasteiger charge is 2.30. The molecule has 2 atom stereocenters. The molecule has 1 amide bonds. The highest BCUT2D eigenvalue weighted by Crippen LogP contribution is 2.23. The number of hydrogen-bond acceptors (Lipinski definition) is 3. The van der Waals surface area contributed by atoms with Crippen molar-refractivity contribution >= 4 is 5.91 Å². The van der Waals surface area contributed by atoms with Crippen molar-refractivity contribution < 1.29 is 4.79 Å². The third kappa shape index (κ3) is 2.38. The van der Waals surface area contributed by atoms with Crippen LogP contribution in [0.5, 0.6) is 0 Å². The molecule has 2 rings (SSSR count). The number of carbonyl (C=O) groups is 1. The molecule has 4 heteroatoms. The number of carbonyl (C=O) groups excluding carboxylic acids is 1. The zero-order valence-corrected chi connectivity index (χ0v) is 11.1. The summed E-state index contributed by atoms with van der Waals surface area (Å²) in [6.45, 7) is 4.34. The van der Waals surface area contributed by atoms with Crippen LogP contribution in [-0.4, -0.2) is 23.4 Å². The summed E-state index contributed by atoms with van der Waals surface area (Å²) >= 11 is 0. The van der Waals surface area contributed by atoms with E-state index in [1.807, 2.05) is 38.1 Å². The van der Waals surface area contributed by atoms with Crippen LogP contribution in [0.25, 0.3) is 0 Å². The zero-order chi connectivity index (χ0) is 14.0. The van der Waals surface area contributed by atoms with Crippen molar-refractivity contribution in [2.75, 3.05) is 6.54 Å². The predicted molar refractivity (Wildman–Crippen MR) is 73.1 cm³/mol. The fourth-order valence-electron chi connectivity index (χ4n) is 2.48. The molecule has 0 radical (unpaired) electrons. The van der Waals surface area contributed by atoms with Gasteiger partial charge in [-0.3, -0.25) is 4.79 Å². The van der Waals surface area contributed by atoms with Gasteiger partial charge in [0.25, 0.3) is 0 Å². The Morgan fingerprint density at radius 3 is 2.68 bits per heavy atom. The van der Waals surface area contributed by atoms with Gasteiger partial charge in [0.2, 0.25) is 5.91 Å². The molecular weight excluding hydrogens is 238 g/mol. The predicted octanol–water partition coefficient (Wildman–Crippen LogP) is 1.59. The lowest BCUT2D eigenvalue weighted by Crippen LogP contribution is -2.41. The summed E-state index contributed by atoms with van der Waals surface area (Å²) in [7, 11) is 0. The van der Waals surface area contributed by atoms with Gasteiger partial charge in [-0.1, -0.05) is 24.3 Å². The second-order valence-corrected chi connectivity index (χ2v) is 4.78. The number of benzene rings is 1. The van der Waals surface area contributed by atoms with Crippen molar-refractivity contribution in [1.29, 1.82) is 5.26 Å². The molecule has 1 aliphatic rings. The van der Waals surface area contributed by atoms with E-state index in [-0.39, 0.29) is 5.91 Å². The number of rotatable bonds is 2. The minimum atomic E-state index is -0.711. The third-order valence-corrected chi connectivity index (χ3v) is 3.49. The second kappa shape index (κ2) is 5.25. The summed E-state index contributed by atoms with van der Waals surface area (Å²) < 4.78 is 0. The molecular formula is C15H17N3O. The van der Waals surface area contributed by atoms with Gasteiger partial charge in [0.05, 0.1) is 6.07 Å². The smallest absolute Gasteiger partial charge is 0.245 e. The summed E-state index contributed by atoms with van der Waals surface area (Å²) in [4.78, 5) is 13.9. The molecule has 1 aromatic rings. The lowest BCUT2D eigenvalue weighted by Gasteiger charge is -2.25. The number of hydrogen-bond donors (Lipinski definition) is 1. The van der Waals surface area contributed by atoms with E-state index in [0.717, 1.165) is 16.7 Å². The van der Waals surface area contributed by atoms with Gasteiger partial charge in [0.1, 0.15) is 12.1 Å². The van der Waals surface area contributed by atoms with Crippen LogP contribution in [0, 0.1) is 25.2 Å². The van der Waals surface area contributed by atoms with E-state index in [4.69, 9.17) is 11.0 Å². The Morgan fingerprint density at radius 2 is 2.11 bits per heavy atom. The topological polar surface area (TPSA) is 70.1 Å². The van der Waals surface area contributed by atoms with Gasteiger partial charge in [0.15, 0.2) is 0 Å². The first-order chi connectivity index (χ1) is 9.06. The van der Waals surface area contributed by atoms with Crippen molar-refractivity contribution in [3.8, 4) is 6.07 Å². The fourth-order valence-corrected chi connectivity index (χ4v) is 2.48. The molecule has 0 aromatic heterocycles. The molecule has 0 saturated heterocycles. The minimum Gasteiger partial charge on any atom is -0.318 e. The zero-order valence-electron chi connectivity index (χ0n) is 11.1. The van der Waals surface area contributed by atoms with E-state index in [9.17, 15) is 4.79 Å². The Balaban J connectivity index is 2.28. The molecule has 2 N–H and O–H groups in total. The SMILES string of the molecule is Cc1cccc(C)c1[C@H](N)C(=O)N1CC=C[C@H]1C#N. The van der Waals surface area contributed by atoms with Crippen LogP contribution in [0.3, 0.4) is 0 Å². The number of nitrogens with two attached hydrogens (primary N) is 1. The lowest BCUT2D eigenvalue weighted by molar-refractivity contribution is -0.132. The Hall–Kier alpha value is -2.12. The molecule has 98 valence electrons. The minimum absolute atomic E-state index is 0.200. The number of aryl methyl sites for hydroxylation is 2. The van der Waals surface area contributed by atoms with Gasteiger partial charge in [0, 0.05) is 6.54 Å². The summed E-state index contributed by atoms with van der Waals surface area (Å²) in [6, 6.07) is 6.72. The number of nitriles is 1. The Morgan fingerprint density at radius 1 is 1.47 bits per heavy atom. The van der Waals surface area contributed by atoms with Gasteiger partial charge in [-0.2, -0.15) is 5.26 Å². The number of amides is 1. The van der Waals surface area contributed by atoms with Crippen LogP contribution in [0.4, 0.5) is 0 Å². The summed E-state index contributed by atoms with van der Waals surface area (Å²) in [5.41, 5.74) is 8.97. The van der Waals surface area contributed by atoms with E-state index >= 15 is 0 Å². The molecule has 0 fully saturated rings. The van der Waals surface area contributed by atoms with Crippen LogP contribution >= 0.6 is 0 Å². The number of nitrogens with zero attached hydrogens (tertiary/aromatic N) is 2. The van der Waals surface area contributed by atoms with Gasteiger partial charge < -0.3 is 10.6 Å². The Kier molecular flexibility index (Phi) is 3.68. The first kappa shape index (κ1) is 13.3. The molecule has 0 bridgehead atoms. The largest absolute Gasteiger partial charge is 0.318 e. The summed E-state index contributed by atoms with van der Waals surface area (Å²) in [5, 5.41) is 9.01. The average Bonchev–Trinajstić information content (AvgIpc) is 2.85. The molecule has 0 saturated carbocycles. The standard InChI is InChI=1S/C15H17N3O/c1-10-5-3-6-11(2)13(10)14(17)15(19)18-8-4-7-12(18)9-16/h3-7,12,14H,8,17H2,1-2H3/t12-,14-/m0/s1. The van der Waals surface area contributed by atoms with Gasteiger partial charge in [-0.05, 0) is 36.6 Å². The molecule has 4 nitrogen and oxygen atoms in total. The maximum Gasteiger partial charge on any atom is 0.245 e. The van der Waals surface area contributed by atoms with Gasteiger partial charge in [-0.25, -0.2) is 0 Å². The van der Waals surface area contributed by atoms with E-state index in [2.05, 4.69) is 6.07 Å². The molecule has 0 spiro atoms. The molecule has 0 unspecified atom stereocenters. The van der Waals surface area contributed by atoms with Gasteiger partial charge in [-0.15, -0.1) is 0 Å². The quantitative estimate of drug-likeness (QED) is 0.816. The molecule has 19 heavy (non-hydrogen) atoms. The van der Waals surface area contributed by atoms with Crippen LogP contribution in [0.1, 0.15) is 22.7 Å². The van der Waals surface area contributed by atoms with Crippen molar-refractivity contribution in [3.05, 3.63) is 47.0 Å². The first-order valence-electron chi connectivity index (χ1n) is 6.24. The lowest BCUT2D eigenvalue weighted by atomic mass is 9.95. The highest BCUT2D eigenvalue weighted by atomic mass is 16.2. The van der Waals surface area contributed by atoms with E-state index in [0.29, 0.717) is 6.54 Å². The monoisotopic (exact) mass is 255 g/mol. The van der Waals surface area contributed by atoms with Crippen LogP contribution in [-0.2, 0) is 4.79 Å². The molecule has 0 aliphatic carbocycles. The maximum absolute atomic E-state index is 12.4. The van der Waals surface area contributed by atoms with E-state index in [1.165, 1.54) is 4.90 Å². The van der Waals surface area contributed by atoms with Crippen molar-refractivity contribution in [3.63, 3.8) is 0 Å². The maximum atomic E-state index is 12.4. The van der Waals surface area contributed by atoms with Crippen LogP contribution in [0.2, 0.25) is 0 Å². The van der Waals surface area contributed by atoms with Crippen molar-refractivity contribution in [1.82, 2.24) is 4.90 Å². The van der Waals surface area contributed by atoms with Crippen LogP contribution < -0.4 is 5.73 Å². The average molecular weight is 255 g/mol. The molecule has 1 aliphatic heterocycles. The van der Waals surface area contributed by atoms with Gasteiger partial charge >= 0.3 is 0 Å². The van der Waals surface area contributed by atoms with E-state index < -0.39 is 12.1 Å². The van der Waals surface area contributed by atoms with E-state index in [1.54, 1.807) is 6.08 Å². The Bertz CT molecular complexity index is 551.